The van der Waals surface area contributed by atoms with Gasteiger partial charge in [0.25, 0.3) is 0 Å². The fraction of sp³-hybridized carbons (Fsp3) is 0. The first kappa shape index (κ1) is 11.3. The number of aromatic nitrogens is 3. The van der Waals surface area contributed by atoms with Gasteiger partial charge < -0.3 is 5.11 Å². The van der Waals surface area contributed by atoms with Crippen molar-refractivity contribution in [1.29, 1.82) is 0 Å². The molecule has 3 aromatic rings. The number of nitrogens with zero attached hydrogens (tertiary/aromatic N) is 3. The molecule has 94 valence electrons. The molecular weight excluding hydrogens is 249 g/mol. The Balaban J connectivity index is 2.26. The molecule has 0 radical (unpaired) electrons. The number of halogens is 1. The molecule has 6 heteroatoms. The average molecular weight is 257 g/mol. The van der Waals surface area contributed by atoms with Gasteiger partial charge in [-0.2, -0.15) is 0 Å². The van der Waals surface area contributed by atoms with Gasteiger partial charge in [-0.25, -0.2) is 19.2 Å². The van der Waals surface area contributed by atoms with Crippen molar-refractivity contribution in [2.24, 2.45) is 0 Å². The lowest BCUT2D eigenvalue weighted by Crippen LogP contribution is -1.95. The summed E-state index contributed by atoms with van der Waals surface area (Å²) in [6, 6.07) is 7.72. The second-order valence-electron chi connectivity index (χ2n) is 3.94. The number of aromatic carboxylic acids is 1. The van der Waals surface area contributed by atoms with Crippen LogP contribution < -0.4 is 0 Å². The van der Waals surface area contributed by atoms with E-state index in [1.807, 2.05) is 0 Å². The number of benzene rings is 1. The molecule has 0 amide bonds. The minimum Gasteiger partial charge on any atom is -0.476 e. The van der Waals surface area contributed by atoms with Crippen LogP contribution in [0.2, 0.25) is 0 Å². The molecule has 0 saturated carbocycles. The molecule has 0 atom stereocenters. The first-order chi connectivity index (χ1) is 9.15. The summed E-state index contributed by atoms with van der Waals surface area (Å²) in [5.41, 5.74) is 1.16. The Bertz CT molecular complexity index is 782. The van der Waals surface area contributed by atoms with Gasteiger partial charge in [0.05, 0.1) is 5.69 Å². The minimum absolute atomic E-state index is 0.101. The van der Waals surface area contributed by atoms with Crippen molar-refractivity contribution in [3.8, 4) is 11.3 Å². The Morgan fingerprint density at radius 1 is 1.32 bits per heavy atom. The van der Waals surface area contributed by atoms with Crippen molar-refractivity contribution in [3.05, 3.63) is 54.2 Å². The summed E-state index contributed by atoms with van der Waals surface area (Å²) in [5, 5.41) is 8.93. The van der Waals surface area contributed by atoms with Crippen LogP contribution in [0, 0.1) is 5.82 Å². The number of hydrogen-bond acceptors (Lipinski definition) is 3. The molecule has 2 heterocycles. The van der Waals surface area contributed by atoms with Crippen molar-refractivity contribution in [2.75, 3.05) is 0 Å². The monoisotopic (exact) mass is 257 g/mol. The topological polar surface area (TPSA) is 67.5 Å². The SMILES string of the molecule is O=C(O)c1cn2c(-c3cccc(F)c3)ccnc2n1. The van der Waals surface area contributed by atoms with Gasteiger partial charge in [0.15, 0.2) is 5.69 Å². The molecule has 19 heavy (non-hydrogen) atoms. The zero-order chi connectivity index (χ0) is 13.4. The molecule has 0 aliphatic carbocycles. The van der Waals surface area contributed by atoms with E-state index in [2.05, 4.69) is 9.97 Å². The molecule has 0 spiro atoms. The van der Waals surface area contributed by atoms with Gasteiger partial charge in [0.1, 0.15) is 5.82 Å². The Labute approximate surface area is 107 Å². The molecule has 0 saturated heterocycles. The number of carbonyl (C=O) groups is 1. The van der Waals surface area contributed by atoms with Crippen LogP contribution in [-0.4, -0.2) is 25.4 Å². The lowest BCUT2D eigenvalue weighted by molar-refractivity contribution is 0.0691. The molecule has 0 bridgehead atoms. The van der Waals surface area contributed by atoms with Gasteiger partial charge in [-0.05, 0) is 18.2 Å². The number of carboxylic acids is 1. The third kappa shape index (κ3) is 1.93. The van der Waals surface area contributed by atoms with E-state index in [1.54, 1.807) is 18.2 Å². The van der Waals surface area contributed by atoms with Crippen LogP contribution in [0.15, 0.2) is 42.7 Å². The summed E-state index contributed by atoms with van der Waals surface area (Å²) < 4.78 is 14.8. The normalized spacial score (nSPS) is 10.8. The zero-order valence-electron chi connectivity index (χ0n) is 9.62. The lowest BCUT2D eigenvalue weighted by Gasteiger charge is -2.04. The number of fused-ring (bicyclic) bond motifs is 1. The van der Waals surface area contributed by atoms with E-state index >= 15 is 0 Å². The smallest absolute Gasteiger partial charge is 0.356 e. The van der Waals surface area contributed by atoms with E-state index in [4.69, 9.17) is 5.11 Å². The maximum absolute atomic E-state index is 13.3. The maximum Gasteiger partial charge on any atom is 0.356 e. The summed E-state index contributed by atoms with van der Waals surface area (Å²) in [7, 11) is 0. The van der Waals surface area contributed by atoms with Crippen LogP contribution in [0.25, 0.3) is 17.0 Å². The quantitative estimate of drug-likeness (QED) is 0.764. The van der Waals surface area contributed by atoms with Crippen molar-refractivity contribution in [1.82, 2.24) is 14.4 Å². The molecule has 5 nitrogen and oxygen atoms in total. The van der Waals surface area contributed by atoms with Crippen LogP contribution in [0.1, 0.15) is 10.5 Å². The van der Waals surface area contributed by atoms with E-state index in [9.17, 15) is 9.18 Å². The highest BCUT2D eigenvalue weighted by molar-refractivity contribution is 5.86. The number of carboxylic acid groups (broad SMARTS) is 1. The van der Waals surface area contributed by atoms with E-state index in [1.165, 1.54) is 28.9 Å². The first-order valence-corrected chi connectivity index (χ1v) is 5.48. The highest BCUT2D eigenvalue weighted by atomic mass is 19.1. The molecule has 3 rings (SSSR count). The third-order valence-corrected chi connectivity index (χ3v) is 2.71. The molecule has 0 aliphatic rings. The van der Waals surface area contributed by atoms with Crippen molar-refractivity contribution in [3.63, 3.8) is 0 Å². The largest absolute Gasteiger partial charge is 0.476 e. The fourth-order valence-electron chi connectivity index (χ4n) is 1.88. The summed E-state index contributed by atoms with van der Waals surface area (Å²) in [5.74, 6) is -1.23. The number of rotatable bonds is 2. The van der Waals surface area contributed by atoms with Crippen molar-refractivity contribution in [2.45, 2.75) is 0 Å². The van der Waals surface area contributed by atoms with Crippen molar-refractivity contribution < 1.29 is 14.3 Å². The van der Waals surface area contributed by atoms with Crippen LogP contribution in [-0.2, 0) is 0 Å². The van der Waals surface area contributed by atoms with Gasteiger partial charge in [0, 0.05) is 18.0 Å². The van der Waals surface area contributed by atoms with Gasteiger partial charge in [-0.15, -0.1) is 0 Å². The van der Waals surface area contributed by atoms with Gasteiger partial charge in [-0.1, -0.05) is 12.1 Å². The fourth-order valence-corrected chi connectivity index (χ4v) is 1.88. The molecular formula is C13H8FN3O2. The summed E-state index contributed by atoms with van der Waals surface area (Å²) in [6.07, 6.45) is 2.87. The minimum atomic E-state index is -1.13. The Kier molecular flexibility index (Phi) is 2.49. The first-order valence-electron chi connectivity index (χ1n) is 5.48. The molecule has 0 unspecified atom stereocenters. The Morgan fingerprint density at radius 3 is 2.89 bits per heavy atom. The summed E-state index contributed by atoms with van der Waals surface area (Å²) in [4.78, 5) is 18.8. The van der Waals surface area contributed by atoms with Crippen molar-refractivity contribution >= 4 is 11.7 Å². The highest BCUT2D eigenvalue weighted by Crippen LogP contribution is 2.21. The summed E-state index contributed by atoms with van der Waals surface area (Å²) >= 11 is 0. The van der Waals surface area contributed by atoms with Gasteiger partial charge >= 0.3 is 5.97 Å². The predicted molar refractivity (Wildman–Crippen MR) is 65.3 cm³/mol. The molecule has 1 N–H and O–H groups in total. The standard InChI is InChI=1S/C13H8FN3O2/c14-9-3-1-2-8(6-9)11-4-5-15-13-16-10(12(18)19)7-17(11)13/h1-7H,(H,18,19). The molecule has 0 fully saturated rings. The zero-order valence-corrected chi connectivity index (χ0v) is 9.62. The average Bonchev–Trinajstić information content (AvgIpc) is 2.82. The van der Waals surface area contributed by atoms with Crippen LogP contribution in [0.4, 0.5) is 4.39 Å². The highest BCUT2D eigenvalue weighted by Gasteiger charge is 2.12. The van der Waals surface area contributed by atoms with E-state index < -0.39 is 5.97 Å². The molecule has 0 aliphatic heterocycles. The van der Waals surface area contributed by atoms with E-state index in [0.717, 1.165) is 0 Å². The Hall–Kier alpha value is -2.76. The molecule has 2 aromatic heterocycles. The third-order valence-electron chi connectivity index (χ3n) is 2.71. The van der Waals surface area contributed by atoms with Gasteiger partial charge in [0.2, 0.25) is 5.78 Å². The maximum atomic E-state index is 13.3. The van der Waals surface area contributed by atoms with Crippen LogP contribution in [0.5, 0.6) is 0 Å². The summed E-state index contributed by atoms with van der Waals surface area (Å²) in [6.45, 7) is 0. The second-order valence-corrected chi connectivity index (χ2v) is 3.94. The van der Waals surface area contributed by atoms with Crippen LogP contribution >= 0.6 is 0 Å². The Morgan fingerprint density at radius 2 is 2.16 bits per heavy atom. The van der Waals surface area contributed by atoms with E-state index in [-0.39, 0.29) is 17.3 Å². The number of imidazole rings is 1. The molecule has 1 aromatic carbocycles. The van der Waals surface area contributed by atoms with Gasteiger partial charge in [-0.3, -0.25) is 4.40 Å². The van der Waals surface area contributed by atoms with E-state index in [0.29, 0.717) is 11.3 Å². The number of hydrogen-bond donors (Lipinski definition) is 1. The second kappa shape index (κ2) is 4.16. The predicted octanol–water partition coefficient (Wildman–Crippen LogP) is 2.23. The van der Waals surface area contributed by atoms with Crippen LogP contribution in [0.3, 0.4) is 0 Å². The lowest BCUT2D eigenvalue weighted by atomic mass is 10.1.